The monoisotopic (exact) mass is 333 g/mol. The van der Waals surface area contributed by atoms with Crippen LogP contribution >= 0.6 is 15.9 Å². The highest BCUT2D eigenvalue weighted by Crippen LogP contribution is 2.14. The SMILES string of the molecule is CC(=O)NC(CS(=O)c1ccc(Br)cc1)C(=O)O. The molecule has 2 unspecified atom stereocenters. The number of carbonyl (C=O) groups is 2. The van der Waals surface area contributed by atoms with Gasteiger partial charge >= 0.3 is 5.97 Å². The Bertz CT molecular complexity index is 474. The molecule has 1 amide bonds. The zero-order valence-electron chi connectivity index (χ0n) is 9.55. The second-order valence-corrected chi connectivity index (χ2v) is 5.97. The van der Waals surface area contributed by atoms with Gasteiger partial charge in [0.25, 0.3) is 0 Å². The number of hydrogen-bond donors (Lipinski definition) is 2. The van der Waals surface area contributed by atoms with E-state index >= 15 is 0 Å². The number of hydrogen-bond acceptors (Lipinski definition) is 3. The van der Waals surface area contributed by atoms with Crippen molar-refractivity contribution in [3.05, 3.63) is 28.7 Å². The van der Waals surface area contributed by atoms with Crippen LogP contribution in [0, 0.1) is 0 Å². The third kappa shape index (κ3) is 4.58. The zero-order valence-corrected chi connectivity index (χ0v) is 12.0. The lowest BCUT2D eigenvalue weighted by molar-refractivity contribution is -0.140. The lowest BCUT2D eigenvalue weighted by Crippen LogP contribution is -2.43. The van der Waals surface area contributed by atoms with Gasteiger partial charge in [0, 0.05) is 16.3 Å². The molecule has 98 valence electrons. The third-order valence-electron chi connectivity index (χ3n) is 2.07. The number of halogens is 1. The van der Waals surface area contributed by atoms with E-state index in [2.05, 4.69) is 21.2 Å². The third-order valence-corrected chi connectivity index (χ3v) is 4.03. The van der Waals surface area contributed by atoms with Gasteiger partial charge in [-0.1, -0.05) is 15.9 Å². The second-order valence-electron chi connectivity index (χ2n) is 3.56. The van der Waals surface area contributed by atoms with Crippen molar-refractivity contribution in [2.24, 2.45) is 0 Å². The molecule has 0 aliphatic heterocycles. The fourth-order valence-corrected chi connectivity index (χ4v) is 2.68. The van der Waals surface area contributed by atoms with E-state index in [0.717, 1.165) is 4.47 Å². The number of benzene rings is 1. The topological polar surface area (TPSA) is 83.5 Å². The molecular formula is C11H12BrNO4S. The van der Waals surface area contributed by atoms with Gasteiger partial charge in [0.2, 0.25) is 5.91 Å². The van der Waals surface area contributed by atoms with Crippen LogP contribution < -0.4 is 5.32 Å². The predicted molar refractivity (Wildman–Crippen MR) is 70.7 cm³/mol. The van der Waals surface area contributed by atoms with Crippen LogP contribution in [-0.4, -0.2) is 33.0 Å². The molecule has 1 aromatic carbocycles. The summed E-state index contributed by atoms with van der Waals surface area (Å²) < 4.78 is 12.8. The number of amides is 1. The molecule has 0 radical (unpaired) electrons. The van der Waals surface area contributed by atoms with Crippen LogP contribution in [0.3, 0.4) is 0 Å². The first-order valence-corrected chi connectivity index (χ1v) is 7.15. The molecule has 2 N–H and O–H groups in total. The number of carboxylic acid groups (broad SMARTS) is 1. The summed E-state index contributed by atoms with van der Waals surface area (Å²) in [5.41, 5.74) is 0. The standard InChI is InChI=1S/C11H12BrNO4S/c1-7(14)13-10(11(15)16)6-18(17)9-4-2-8(12)3-5-9/h2-5,10H,6H2,1H3,(H,13,14)(H,15,16). The molecular weight excluding hydrogens is 322 g/mol. The molecule has 5 nitrogen and oxygen atoms in total. The van der Waals surface area contributed by atoms with Gasteiger partial charge in [-0.2, -0.15) is 0 Å². The van der Waals surface area contributed by atoms with E-state index in [4.69, 9.17) is 5.11 Å². The van der Waals surface area contributed by atoms with Crippen LogP contribution in [0.4, 0.5) is 0 Å². The summed E-state index contributed by atoms with van der Waals surface area (Å²) in [6.07, 6.45) is 0. The summed E-state index contributed by atoms with van der Waals surface area (Å²) in [5.74, 6) is -1.82. The van der Waals surface area contributed by atoms with E-state index in [1.807, 2.05) is 0 Å². The largest absolute Gasteiger partial charge is 0.480 e. The lowest BCUT2D eigenvalue weighted by atomic mass is 10.3. The Kier molecular flexibility index (Phi) is 5.49. The summed E-state index contributed by atoms with van der Waals surface area (Å²) in [6.45, 7) is 1.22. The fourth-order valence-electron chi connectivity index (χ4n) is 1.25. The molecule has 18 heavy (non-hydrogen) atoms. The normalized spacial score (nSPS) is 13.7. The van der Waals surface area contributed by atoms with Crippen LogP contribution in [0.1, 0.15) is 6.92 Å². The predicted octanol–water partition coefficient (Wildman–Crippen LogP) is 1.15. The molecule has 0 saturated carbocycles. The Hall–Kier alpha value is -1.21. The van der Waals surface area contributed by atoms with Crippen molar-refractivity contribution in [3.8, 4) is 0 Å². The first-order valence-electron chi connectivity index (χ1n) is 5.04. The molecule has 0 spiro atoms. The average molecular weight is 334 g/mol. The summed E-state index contributed by atoms with van der Waals surface area (Å²) in [6, 6.07) is 5.59. The first kappa shape index (κ1) is 14.8. The molecule has 1 aromatic rings. The van der Waals surface area contributed by atoms with Crippen LogP contribution in [0.15, 0.2) is 33.6 Å². The second kappa shape index (κ2) is 6.65. The van der Waals surface area contributed by atoms with Crippen molar-refractivity contribution in [2.75, 3.05) is 5.75 Å². The highest BCUT2D eigenvalue weighted by Gasteiger charge is 2.21. The minimum Gasteiger partial charge on any atom is -0.480 e. The van der Waals surface area contributed by atoms with Gasteiger partial charge in [0.05, 0.1) is 16.6 Å². The lowest BCUT2D eigenvalue weighted by Gasteiger charge is -2.12. The molecule has 0 aliphatic rings. The Morgan fingerprint density at radius 3 is 2.39 bits per heavy atom. The minimum absolute atomic E-state index is 0.156. The minimum atomic E-state index is -1.48. The number of nitrogens with one attached hydrogen (secondary N) is 1. The van der Waals surface area contributed by atoms with Gasteiger partial charge in [0.1, 0.15) is 6.04 Å². The molecule has 0 saturated heterocycles. The average Bonchev–Trinajstić information content (AvgIpc) is 2.28. The van der Waals surface area contributed by atoms with Crippen molar-refractivity contribution in [1.29, 1.82) is 0 Å². The molecule has 7 heteroatoms. The van der Waals surface area contributed by atoms with Gasteiger partial charge < -0.3 is 10.4 Å². The van der Waals surface area contributed by atoms with E-state index in [9.17, 15) is 13.8 Å². The quantitative estimate of drug-likeness (QED) is 0.846. The molecule has 0 bridgehead atoms. The maximum absolute atomic E-state index is 11.9. The Labute approximate surface area is 115 Å². The van der Waals surface area contributed by atoms with Crippen molar-refractivity contribution in [2.45, 2.75) is 17.9 Å². The van der Waals surface area contributed by atoms with E-state index < -0.39 is 28.7 Å². The fraction of sp³-hybridized carbons (Fsp3) is 0.273. The van der Waals surface area contributed by atoms with Crippen molar-refractivity contribution in [1.82, 2.24) is 5.32 Å². The van der Waals surface area contributed by atoms with Gasteiger partial charge in [-0.25, -0.2) is 4.79 Å². The Morgan fingerprint density at radius 1 is 1.39 bits per heavy atom. The molecule has 0 fully saturated rings. The van der Waals surface area contributed by atoms with Crippen LogP contribution in [-0.2, 0) is 20.4 Å². The number of rotatable bonds is 5. The van der Waals surface area contributed by atoms with E-state index in [1.165, 1.54) is 6.92 Å². The highest BCUT2D eigenvalue weighted by atomic mass is 79.9. The van der Waals surface area contributed by atoms with E-state index in [-0.39, 0.29) is 5.75 Å². The van der Waals surface area contributed by atoms with Gasteiger partial charge in [-0.15, -0.1) is 0 Å². The van der Waals surface area contributed by atoms with Gasteiger partial charge in [-0.3, -0.25) is 9.00 Å². The Balaban J connectivity index is 2.75. The zero-order chi connectivity index (χ0) is 13.7. The summed E-state index contributed by atoms with van der Waals surface area (Å²) in [4.78, 5) is 22.3. The molecule has 0 aliphatic carbocycles. The van der Waals surface area contributed by atoms with Crippen LogP contribution in [0.2, 0.25) is 0 Å². The van der Waals surface area contributed by atoms with Crippen molar-refractivity contribution in [3.63, 3.8) is 0 Å². The highest BCUT2D eigenvalue weighted by molar-refractivity contribution is 9.10. The number of aliphatic carboxylic acids is 1. The van der Waals surface area contributed by atoms with Crippen molar-refractivity contribution >= 4 is 38.6 Å². The summed E-state index contributed by atoms with van der Waals surface area (Å²) >= 11 is 3.25. The van der Waals surface area contributed by atoms with Gasteiger partial charge in [-0.05, 0) is 24.3 Å². The Morgan fingerprint density at radius 2 is 1.94 bits per heavy atom. The first-order chi connectivity index (χ1) is 8.40. The van der Waals surface area contributed by atoms with Gasteiger partial charge in [0.15, 0.2) is 0 Å². The van der Waals surface area contributed by atoms with Crippen LogP contribution in [0.5, 0.6) is 0 Å². The molecule has 2 atom stereocenters. The summed E-state index contributed by atoms with van der Waals surface area (Å²) in [5, 5.41) is 11.2. The number of carboxylic acids is 1. The number of carbonyl (C=O) groups excluding carboxylic acids is 1. The van der Waals surface area contributed by atoms with Crippen LogP contribution in [0.25, 0.3) is 0 Å². The van der Waals surface area contributed by atoms with E-state index in [1.54, 1.807) is 24.3 Å². The van der Waals surface area contributed by atoms with Crippen molar-refractivity contribution < 1.29 is 18.9 Å². The maximum Gasteiger partial charge on any atom is 0.327 e. The smallest absolute Gasteiger partial charge is 0.327 e. The maximum atomic E-state index is 11.9. The summed E-state index contributed by atoms with van der Waals surface area (Å²) in [7, 11) is -1.48. The van der Waals surface area contributed by atoms with E-state index in [0.29, 0.717) is 4.90 Å². The molecule has 1 rings (SSSR count). The molecule has 0 aromatic heterocycles. The molecule has 0 heterocycles.